The van der Waals surface area contributed by atoms with Gasteiger partial charge in [0.1, 0.15) is 5.54 Å². The third-order valence-electron chi connectivity index (χ3n) is 4.58. The number of piperidine rings is 1. The van der Waals surface area contributed by atoms with Crippen molar-refractivity contribution in [1.82, 2.24) is 4.90 Å². The monoisotopic (exact) mass is 388 g/mol. The van der Waals surface area contributed by atoms with Crippen molar-refractivity contribution in [2.45, 2.75) is 24.9 Å². The largest absolute Gasteiger partial charge is 0.480 e. The molecule has 1 aliphatic rings. The predicted octanol–water partition coefficient (Wildman–Crippen LogP) is 3.98. The lowest BCUT2D eigenvalue weighted by Gasteiger charge is -2.40. The average Bonchev–Trinajstić information content (AvgIpc) is 2.57. The molecule has 5 heteroatoms. The molecule has 3 rings (SSSR count). The number of hydrogen-bond acceptors (Lipinski definition) is 3. The zero-order valence-corrected chi connectivity index (χ0v) is 15.0. The number of carbonyl (C=O) groups is 1. The Morgan fingerprint density at radius 1 is 1.12 bits per heavy atom. The van der Waals surface area contributed by atoms with Crippen LogP contribution in [-0.2, 0) is 11.3 Å². The van der Waals surface area contributed by atoms with Gasteiger partial charge in [-0.2, -0.15) is 0 Å². The van der Waals surface area contributed by atoms with E-state index in [-0.39, 0.29) is 0 Å². The number of halogens is 1. The number of nitrogens with zero attached hydrogens (tertiary/aromatic N) is 1. The molecule has 1 heterocycles. The van der Waals surface area contributed by atoms with E-state index in [0.29, 0.717) is 12.8 Å². The van der Waals surface area contributed by atoms with Gasteiger partial charge in [-0.3, -0.25) is 4.90 Å². The van der Waals surface area contributed by atoms with E-state index in [1.165, 1.54) is 5.56 Å². The van der Waals surface area contributed by atoms with Crippen LogP contribution in [0, 0.1) is 0 Å². The quantitative estimate of drug-likeness (QED) is 0.812. The molecule has 0 bridgehead atoms. The van der Waals surface area contributed by atoms with E-state index >= 15 is 0 Å². The highest BCUT2D eigenvalue weighted by atomic mass is 79.9. The topological polar surface area (TPSA) is 52.6 Å². The number of rotatable bonds is 5. The second kappa shape index (κ2) is 7.36. The molecule has 1 aliphatic heterocycles. The van der Waals surface area contributed by atoms with Gasteiger partial charge in [0.05, 0.1) is 0 Å². The van der Waals surface area contributed by atoms with Gasteiger partial charge >= 0.3 is 5.97 Å². The lowest BCUT2D eigenvalue weighted by Crippen LogP contribution is -2.54. The Morgan fingerprint density at radius 3 is 2.46 bits per heavy atom. The molecular weight excluding hydrogens is 368 g/mol. The molecule has 2 aromatic rings. The molecule has 0 amide bonds. The molecule has 1 saturated heterocycles. The van der Waals surface area contributed by atoms with Crippen LogP contribution in [-0.4, -0.2) is 34.6 Å². The minimum atomic E-state index is -0.895. The normalized spacial score (nSPS) is 17.4. The van der Waals surface area contributed by atoms with Gasteiger partial charge in [-0.05, 0) is 36.6 Å². The Hall–Kier alpha value is -1.85. The van der Waals surface area contributed by atoms with Crippen LogP contribution >= 0.6 is 15.9 Å². The first-order valence-corrected chi connectivity index (χ1v) is 8.90. The Morgan fingerprint density at radius 2 is 1.83 bits per heavy atom. The van der Waals surface area contributed by atoms with Gasteiger partial charge in [0.2, 0.25) is 0 Å². The van der Waals surface area contributed by atoms with Crippen molar-refractivity contribution < 1.29 is 9.90 Å². The van der Waals surface area contributed by atoms with Gasteiger partial charge < -0.3 is 10.4 Å². The highest BCUT2D eigenvalue weighted by molar-refractivity contribution is 9.10. The predicted molar refractivity (Wildman–Crippen MR) is 99.1 cm³/mol. The summed E-state index contributed by atoms with van der Waals surface area (Å²) in [5, 5.41) is 13.1. The van der Waals surface area contributed by atoms with Crippen molar-refractivity contribution in [3.63, 3.8) is 0 Å². The van der Waals surface area contributed by atoms with Gasteiger partial charge in [0.25, 0.3) is 0 Å². The van der Waals surface area contributed by atoms with Crippen molar-refractivity contribution in [1.29, 1.82) is 0 Å². The Bertz CT molecular complexity index is 698. The van der Waals surface area contributed by atoms with Crippen molar-refractivity contribution in [3.05, 3.63) is 64.6 Å². The van der Waals surface area contributed by atoms with Crippen molar-refractivity contribution >= 4 is 27.6 Å². The number of likely N-dealkylation sites (tertiary alicyclic amines) is 1. The van der Waals surface area contributed by atoms with Crippen LogP contribution in [0.3, 0.4) is 0 Å². The number of carboxylic acid groups (broad SMARTS) is 1. The summed E-state index contributed by atoms with van der Waals surface area (Å²) in [7, 11) is 0. The van der Waals surface area contributed by atoms with E-state index in [1.54, 1.807) is 0 Å². The van der Waals surface area contributed by atoms with E-state index in [4.69, 9.17) is 0 Å². The zero-order valence-electron chi connectivity index (χ0n) is 13.4. The highest BCUT2D eigenvalue weighted by Crippen LogP contribution is 2.29. The SMILES string of the molecule is O=C(O)C1(Nc2cccc(Br)c2)CCN(Cc2ccccc2)CC1. The van der Waals surface area contributed by atoms with E-state index < -0.39 is 11.5 Å². The minimum Gasteiger partial charge on any atom is -0.480 e. The standard InChI is InChI=1S/C19H21BrN2O2/c20-16-7-4-8-17(13-16)21-19(18(23)24)9-11-22(12-10-19)14-15-5-2-1-3-6-15/h1-8,13,21H,9-12,14H2,(H,23,24). The smallest absolute Gasteiger partial charge is 0.329 e. The molecule has 0 aliphatic carbocycles. The van der Waals surface area contributed by atoms with E-state index in [1.807, 2.05) is 42.5 Å². The van der Waals surface area contributed by atoms with Crippen molar-refractivity contribution in [2.75, 3.05) is 18.4 Å². The molecule has 0 spiro atoms. The minimum absolute atomic E-state index is 0.585. The number of carboxylic acids is 1. The number of hydrogen-bond donors (Lipinski definition) is 2. The summed E-state index contributed by atoms with van der Waals surface area (Å²) in [5.74, 6) is -0.776. The Kier molecular flexibility index (Phi) is 5.21. The average molecular weight is 389 g/mol. The van der Waals surface area contributed by atoms with Crippen LogP contribution in [0.2, 0.25) is 0 Å². The van der Waals surface area contributed by atoms with Gasteiger partial charge in [-0.15, -0.1) is 0 Å². The number of anilines is 1. The Labute approximate surface area is 150 Å². The van der Waals surface area contributed by atoms with Gasteiger partial charge in [0.15, 0.2) is 0 Å². The molecule has 24 heavy (non-hydrogen) atoms. The number of aliphatic carboxylic acids is 1. The third-order valence-corrected chi connectivity index (χ3v) is 5.07. The molecular formula is C19H21BrN2O2. The van der Waals surface area contributed by atoms with Gasteiger partial charge in [0, 0.05) is 29.8 Å². The molecule has 0 aromatic heterocycles. The number of nitrogens with one attached hydrogen (secondary N) is 1. The fraction of sp³-hybridized carbons (Fsp3) is 0.316. The first-order valence-electron chi connectivity index (χ1n) is 8.11. The second-order valence-electron chi connectivity index (χ2n) is 6.28. The van der Waals surface area contributed by atoms with E-state index in [0.717, 1.165) is 29.8 Å². The molecule has 0 saturated carbocycles. The maximum Gasteiger partial charge on any atom is 0.329 e. The molecule has 0 atom stereocenters. The summed E-state index contributed by atoms with van der Waals surface area (Å²) in [6.07, 6.45) is 1.17. The van der Waals surface area contributed by atoms with E-state index in [2.05, 4.69) is 38.3 Å². The summed E-state index contributed by atoms with van der Waals surface area (Å²) in [5.41, 5.74) is 1.21. The first kappa shape index (κ1) is 17.0. The fourth-order valence-corrected chi connectivity index (χ4v) is 3.57. The van der Waals surface area contributed by atoms with Crippen LogP contribution in [0.1, 0.15) is 18.4 Å². The van der Waals surface area contributed by atoms with Gasteiger partial charge in [-0.25, -0.2) is 4.79 Å². The molecule has 0 unspecified atom stereocenters. The second-order valence-corrected chi connectivity index (χ2v) is 7.20. The maximum atomic E-state index is 11.9. The summed E-state index contributed by atoms with van der Waals surface area (Å²) >= 11 is 3.43. The van der Waals surface area contributed by atoms with Crippen LogP contribution in [0.4, 0.5) is 5.69 Å². The fourth-order valence-electron chi connectivity index (χ4n) is 3.17. The van der Waals surface area contributed by atoms with Crippen molar-refractivity contribution in [2.24, 2.45) is 0 Å². The molecule has 1 fully saturated rings. The molecule has 4 nitrogen and oxygen atoms in total. The van der Waals surface area contributed by atoms with Crippen LogP contribution in [0.5, 0.6) is 0 Å². The maximum absolute atomic E-state index is 11.9. The third kappa shape index (κ3) is 3.97. The van der Waals surface area contributed by atoms with Crippen LogP contribution in [0.15, 0.2) is 59.1 Å². The summed E-state index contributed by atoms with van der Waals surface area (Å²) < 4.78 is 0.939. The number of benzene rings is 2. The van der Waals surface area contributed by atoms with Crippen LogP contribution < -0.4 is 5.32 Å². The molecule has 2 aromatic carbocycles. The lowest BCUT2D eigenvalue weighted by atomic mass is 9.87. The Balaban J connectivity index is 1.67. The molecule has 2 N–H and O–H groups in total. The first-order chi connectivity index (χ1) is 11.6. The summed E-state index contributed by atoms with van der Waals surface area (Å²) in [4.78, 5) is 14.3. The lowest BCUT2D eigenvalue weighted by molar-refractivity contribution is -0.144. The summed E-state index contributed by atoms with van der Waals surface area (Å²) in [6.45, 7) is 2.40. The highest BCUT2D eigenvalue weighted by Gasteiger charge is 2.41. The van der Waals surface area contributed by atoms with Gasteiger partial charge in [-0.1, -0.05) is 52.3 Å². The zero-order chi connectivity index (χ0) is 17.0. The van der Waals surface area contributed by atoms with E-state index in [9.17, 15) is 9.90 Å². The van der Waals surface area contributed by atoms with Crippen molar-refractivity contribution in [3.8, 4) is 0 Å². The molecule has 126 valence electrons. The summed E-state index contributed by atoms with van der Waals surface area (Å²) in [6, 6.07) is 18.0. The molecule has 0 radical (unpaired) electrons. The van der Waals surface area contributed by atoms with Crippen LogP contribution in [0.25, 0.3) is 0 Å².